The van der Waals surface area contributed by atoms with E-state index in [1.807, 2.05) is 108 Å². The lowest BCUT2D eigenvalue weighted by Gasteiger charge is -2.35. The maximum absolute atomic E-state index is 14.6. The van der Waals surface area contributed by atoms with Gasteiger partial charge < -0.3 is 14.4 Å². The number of carbonyl (C=O) groups is 1. The highest BCUT2D eigenvalue weighted by Gasteiger charge is 2.58. The summed E-state index contributed by atoms with van der Waals surface area (Å²) in [6.45, 7) is 0.415. The molecule has 0 saturated carbocycles. The number of amides is 1. The highest BCUT2D eigenvalue weighted by molar-refractivity contribution is 6.11. The number of anilines is 1. The fourth-order valence-corrected chi connectivity index (χ4v) is 5.20. The van der Waals surface area contributed by atoms with E-state index < -0.39 is 5.72 Å². The van der Waals surface area contributed by atoms with Gasteiger partial charge >= 0.3 is 0 Å². The Labute approximate surface area is 213 Å². The molecule has 0 saturated heterocycles. The van der Waals surface area contributed by atoms with Crippen molar-refractivity contribution in [2.24, 2.45) is 4.99 Å². The molecule has 1 amide bonds. The van der Waals surface area contributed by atoms with E-state index in [1.54, 1.807) is 12.0 Å². The third-order valence-electron chi connectivity index (χ3n) is 6.92. The monoisotopic (exact) mass is 486 g/mol. The Kier molecular flexibility index (Phi) is 4.66. The van der Waals surface area contributed by atoms with E-state index in [0.717, 1.165) is 39.2 Å². The van der Waals surface area contributed by atoms with E-state index >= 15 is 0 Å². The lowest BCUT2D eigenvalue weighted by molar-refractivity contribution is -0.137. The van der Waals surface area contributed by atoms with Crippen LogP contribution >= 0.6 is 0 Å². The first kappa shape index (κ1) is 21.4. The van der Waals surface area contributed by atoms with Crippen LogP contribution in [0.1, 0.15) is 16.7 Å². The van der Waals surface area contributed by atoms with Gasteiger partial charge in [0.15, 0.2) is 0 Å². The number of fused-ring (bicyclic) bond motifs is 6. The second-order valence-electron chi connectivity index (χ2n) is 9.02. The summed E-state index contributed by atoms with van der Waals surface area (Å²) in [7, 11) is 1.62. The van der Waals surface area contributed by atoms with Gasteiger partial charge in [-0.15, -0.1) is 0 Å². The molecule has 3 heterocycles. The van der Waals surface area contributed by atoms with Crippen LogP contribution < -0.4 is 9.64 Å². The van der Waals surface area contributed by atoms with Gasteiger partial charge in [-0.05, 0) is 48.0 Å². The smallest absolute Gasteiger partial charge is 0.299 e. The standard InChI is InChI=1S/C30H22N4O3/c1-36-22-17-15-21(16-18-22)27-32-29-31-24-12-6-8-14-26(24)34(29)30(37-27)23-11-5-7-13-25(23)33(28(30)35)19-20-9-3-2-4-10-20/h2-18H,19H2,1H3/t30-/m1/s1. The molecule has 0 bridgehead atoms. The number of aromatic nitrogens is 2. The summed E-state index contributed by atoms with van der Waals surface area (Å²) in [5, 5.41) is 0. The molecule has 180 valence electrons. The maximum atomic E-state index is 14.6. The van der Waals surface area contributed by atoms with E-state index in [1.165, 1.54) is 0 Å². The SMILES string of the molecule is COc1ccc(C2=Nc3nc4ccccc4n3[C@]3(O2)C(=O)N(Cc2ccccc2)c2ccccc23)cc1. The highest BCUT2D eigenvalue weighted by atomic mass is 16.5. The molecule has 0 aliphatic carbocycles. The second-order valence-corrected chi connectivity index (χ2v) is 9.02. The summed E-state index contributed by atoms with van der Waals surface area (Å²) in [6.07, 6.45) is 0. The number of aliphatic imine (C=N–C) groups is 1. The summed E-state index contributed by atoms with van der Waals surface area (Å²) in [5.74, 6) is 1.28. The van der Waals surface area contributed by atoms with Crippen molar-refractivity contribution in [1.82, 2.24) is 9.55 Å². The fourth-order valence-electron chi connectivity index (χ4n) is 5.20. The van der Waals surface area contributed by atoms with E-state index in [2.05, 4.69) is 0 Å². The van der Waals surface area contributed by atoms with E-state index in [-0.39, 0.29) is 5.91 Å². The van der Waals surface area contributed by atoms with Crippen molar-refractivity contribution in [3.8, 4) is 5.75 Å². The van der Waals surface area contributed by atoms with Crippen molar-refractivity contribution in [2.75, 3.05) is 12.0 Å². The van der Waals surface area contributed by atoms with Crippen molar-refractivity contribution in [2.45, 2.75) is 12.3 Å². The van der Waals surface area contributed by atoms with Crippen molar-refractivity contribution < 1.29 is 14.3 Å². The summed E-state index contributed by atoms with van der Waals surface area (Å²) in [6, 6.07) is 32.9. The maximum Gasteiger partial charge on any atom is 0.299 e. The predicted octanol–water partition coefficient (Wildman–Crippen LogP) is 5.40. The van der Waals surface area contributed by atoms with Crippen LogP contribution in [0.5, 0.6) is 5.75 Å². The molecule has 1 spiro atoms. The Morgan fingerprint density at radius 2 is 1.59 bits per heavy atom. The molecular formula is C30H22N4O3. The number of rotatable bonds is 4. The van der Waals surface area contributed by atoms with Crippen LogP contribution in [0.2, 0.25) is 0 Å². The third kappa shape index (κ3) is 3.10. The van der Waals surface area contributed by atoms with Gasteiger partial charge in [-0.25, -0.2) is 4.98 Å². The minimum Gasteiger partial charge on any atom is -0.497 e. The zero-order valence-corrected chi connectivity index (χ0v) is 20.0. The largest absolute Gasteiger partial charge is 0.497 e. The van der Waals surface area contributed by atoms with Crippen LogP contribution in [0.4, 0.5) is 11.6 Å². The number of para-hydroxylation sites is 3. The van der Waals surface area contributed by atoms with Gasteiger partial charge in [0.05, 0.1) is 35.9 Å². The molecule has 0 radical (unpaired) electrons. The van der Waals surface area contributed by atoms with E-state index in [9.17, 15) is 4.79 Å². The van der Waals surface area contributed by atoms with Gasteiger partial charge in [0.1, 0.15) is 5.75 Å². The molecule has 7 rings (SSSR count). The second kappa shape index (κ2) is 8.06. The number of nitrogens with zero attached hydrogens (tertiary/aromatic N) is 4. The molecule has 0 fully saturated rings. The molecule has 7 nitrogen and oxygen atoms in total. The molecule has 1 atom stereocenters. The van der Waals surface area contributed by atoms with Crippen LogP contribution in [0.15, 0.2) is 108 Å². The summed E-state index contributed by atoms with van der Waals surface area (Å²) < 4.78 is 13.9. The average molecular weight is 487 g/mol. The topological polar surface area (TPSA) is 69.0 Å². The molecule has 0 N–H and O–H groups in total. The first-order chi connectivity index (χ1) is 18.2. The Morgan fingerprint density at radius 1 is 0.865 bits per heavy atom. The molecule has 2 aliphatic heterocycles. The molecular weight excluding hydrogens is 464 g/mol. The number of carbonyl (C=O) groups excluding carboxylic acids is 1. The Morgan fingerprint density at radius 3 is 2.41 bits per heavy atom. The number of hydrogen-bond donors (Lipinski definition) is 0. The molecule has 4 aromatic carbocycles. The molecule has 2 aliphatic rings. The number of ether oxygens (including phenoxy) is 2. The van der Waals surface area contributed by atoms with Gasteiger partial charge in [-0.2, -0.15) is 4.99 Å². The summed E-state index contributed by atoms with van der Waals surface area (Å²) in [5.41, 5.74) is 3.33. The van der Waals surface area contributed by atoms with E-state index in [4.69, 9.17) is 19.5 Å². The Hall–Kier alpha value is -4.91. The molecule has 5 aromatic rings. The van der Waals surface area contributed by atoms with Crippen LogP contribution in [0.3, 0.4) is 0 Å². The Bertz CT molecular complexity index is 1690. The Balaban J connectivity index is 1.47. The number of imidazole rings is 1. The minimum absolute atomic E-state index is 0.192. The number of benzene rings is 4. The highest BCUT2D eigenvalue weighted by Crippen LogP contribution is 2.49. The first-order valence-electron chi connectivity index (χ1n) is 12.0. The van der Waals surface area contributed by atoms with Crippen LogP contribution in [-0.4, -0.2) is 28.5 Å². The number of hydrogen-bond acceptors (Lipinski definition) is 5. The number of methoxy groups -OCH3 is 1. The van der Waals surface area contributed by atoms with Gasteiger partial charge in [0.25, 0.3) is 11.6 Å². The van der Waals surface area contributed by atoms with E-state index in [0.29, 0.717) is 18.4 Å². The molecule has 0 unspecified atom stereocenters. The van der Waals surface area contributed by atoms with Gasteiger partial charge in [0.2, 0.25) is 11.8 Å². The quantitative estimate of drug-likeness (QED) is 0.341. The lowest BCUT2D eigenvalue weighted by atomic mass is 10.0. The lowest BCUT2D eigenvalue weighted by Crippen LogP contribution is -2.50. The zero-order valence-electron chi connectivity index (χ0n) is 20.0. The third-order valence-corrected chi connectivity index (χ3v) is 6.92. The van der Waals surface area contributed by atoms with Crippen LogP contribution in [0.25, 0.3) is 11.0 Å². The van der Waals surface area contributed by atoms with Crippen molar-refractivity contribution in [3.63, 3.8) is 0 Å². The fraction of sp³-hybridized carbons (Fsp3) is 0.100. The van der Waals surface area contributed by atoms with Crippen LogP contribution in [-0.2, 0) is 21.8 Å². The zero-order chi connectivity index (χ0) is 25.0. The average Bonchev–Trinajstić information content (AvgIpc) is 3.44. The normalized spacial score (nSPS) is 17.9. The van der Waals surface area contributed by atoms with Gasteiger partial charge in [0, 0.05) is 5.56 Å². The molecule has 37 heavy (non-hydrogen) atoms. The minimum atomic E-state index is -1.49. The van der Waals surface area contributed by atoms with Crippen molar-refractivity contribution >= 4 is 34.5 Å². The van der Waals surface area contributed by atoms with Gasteiger partial charge in [-0.3, -0.25) is 9.36 Å². The summed E-state index contributed by atoms with van der Waals surface area (Å²) >= 11 is 0. The van der Waals surface area contributed by atoms with Gasteiger partial charge in [-0.1, -0.05) is 60.7 Å². The van der Waals surface area contributed by atoms with Crippen molar-refractivity contribution in [1.29, 1.82) is 0 Å². The molecule has 7 heteroatoms. The first-order valence-corrected chi connectivity index (χ1v) is 12.0. The predicted molar refractivity (Wildman–Crippen MR) is 141 cm³/mol. The molecule has 1 aromatic heterocycles. The van der Waals surface area contributed by atoms with Crippen molar-refractivity contribution in [3.05, 3.63) is 120 Å². The van der Waals surface area contributed by atoms with Crippen LogP contribution in [0, 0.1) is 0 Å². The summed E-state index contributed by atoms with van der Waals surface area (Å²) in [4.78, 5) is 26.0.